The third-order valence-electron chi connectivity index (χ3n) is 4.72. The summed E-state index contributed by atoms with van der Waals surface area (Å²) in [5.74, 6) is 1.03. The maximum atomic E-state index is 4.73. The summed E-state index contributed by atoms with van der Waals surface area (Å²) >= 11 is 0. The number of pyridine rings is 1. The molecule has 122 valence electrons. The summed E-state index contributed by atoms with van der Waals surface area (Å²) < 4.78 is 1.96. The zero-order valence-electron chi connectivity index (χ0n) is 14.7. The largest absolute Gasteiger partial charge is 0.358 e. The number of nitrogens with one attached hydrogen (secondary N) is 1. The fourth-order valence-electron chi connectivity index (χ4n) is 3.13. The molecule has 4 aromatic rings. The van der Waals surface area contributed by atoms with Crippen LogP contribution in [0, 0.1) is 0 Å². The smallest absolute Gasteiger partial charge is 0.0934 e. The van der Waals surface area contributed by atoms with Gasteiger partial charge in [0, 0.05) is 23.0 Å². The number of H-pyrrole nitrogens is 1. The monoisotopic (exact) mass is 317 g/mol. The van der Waals surface area contributed by atoms with Gasteiger partial charge in [0.1, 0.15) is 0 Å². The van der Waals surface area contributed by atoms with E-state index >= 15 is 0 Å². The van der Waals surface area contributed by atoms with Crippen LogP contribution in [0.2, 0.25) is 0 Å². The third-order valence-corrected chi connectivity index (χ3v) is 4.72. The zero-order chi connectivity index (χ0) is 16.8. The lowest BCUT2D eigenvalue weighted by molar-refractivity contribution is 0.836. The second-order valence-electron chi connectivity index (χ2n) is 7.20. The van der Waals surface area contributed by atoms with E-state index in [4.69, 9.17) is 5.10 Å². The van der Waals surface area contributed by atoms with Crippen molar-refractivity contribution in [3.8, 4) is 11.3 Å². The first-order valence-corrected chi connectivity index (χ1v) is 8.63. The number of aromatic amines is 1. The molecule has 3 aromatic heterocycles. The molecule has 0 saturated carbocycles. The van der Waals surface area contributed by atoms with E-state index < -0.39 is 0 Å². The van der Waals surface area contributed by atoms with Gasteiger partial charge in [0.2, 0.25) is 0 Å². The molecule has 3 heterocycles. The van der Waals surface area contributed by atoms with Crippen LogP contribution >= 0.6 is 0 Å². The van der Waals surface area contributed by atoms with Crippen LogP contribution < -0.4 is 0 Å². The van der Waals surface area contributed by atoms with E-state index in [1.165, 1.54) is 22.2 Å². The summed E-state index contributed by atoms with van der Waals surface area (Å²) in [7, 11) is 0. The van der Waals surface area contributed by atoms with Crippen LogP contribution in [0.15, 0.2) is 48.7 Å². The van der Waals surface area contributed by atoms with Gasteiger partial charge in [-0.15, -0.1) is 0 Å². The van der Waals surface area contributed by atoms with E-state index in [9.17, 15) is 0 Å². The first kappa shape index (κ1) is 15.0. The van der Waals surface area contributed by atoms with Gasteiger partial charge in [-0.05, 0) is 53.1 Å². The molecule has 0 saturated heterocycles. The van der Waals surface area contributed by atoms with E-state index in [2.05, 4.69) is 81.3 Å². The molecular formula is C21H23N3. The molecule has 0 unspecified atom stereocenters. The predicted molar refractivity (Wildman–Crippen MR) is 101 cm³/mol. The van der Waals surface area contributed by atoms with Crippen LogP contribution in [-0.2, 0) is 0 Å². The number of rotatable bonds is 3. The number of hydrogen-bond donors (Lipinski definition) is 1. The molecule has 4 rings (SSSR count). The number of benzene rings is 1. The minimum atomic E-state index is 0.505. The molecule has 1 N–H and O–H groups in total. The topological polar surface area (TPSA) is 33.1 Å². The zero-order valence-corrected chi connectivity index (χ0v) is 14.7. The Hall–Kier alpha value is -2.55. The molecule has 0 aliphatic rings. The standard InChI is InChI=1S/C21H23N3/c1-13(2)15-7-8-24-18(9-15)12-21(23-24)17-6-5-16-10-19(14(3)4)22-20(16)11-17/h5-14,22H,1-4H3. The van der Waals surface area contributed by atoms with Crippen LogP contribution in [0.1, 0.15) is 50.8 Å². The third kappa shape index (κ3) is 2.50. The first-order chi connectivity index (χ1) is 11.5. The lowest BCUT2D eigenvalue weighted by atomic mass is 10.0. The van der Waals surface area contributed by atoms with Gasteiger partial charge in [0.15, 0.2) is 0 Å². The van der Waals surface area contributed by atoms with Crippen LogP contribution in [0.4, 0.5) is 0 Å². The van der Waals surface area contributed by atoms with Crippen LogP contribution in [0.5, 0.6) is 0 Å². The predicted octanol–water partition coefficient (Wildman–Crippen LogP) is 5.73. The molecule has 0 fully saturated rings. The van der Waals surface area contributed by atoms with Crippen LogP contribution in [-0.4, -0.2) is 14.6 Å². The fourth-order valence-corrected chi connectivity index (χ4v) is 3.13. The van der Waals surface area contributed by atoms with Crippen molar-refractivity contribution < 1.29 is 0 Å². The SMILES string of the molecule is CC(C)c1ccn2nc(-c3ccc4cc(C(C)C)[nH]c4c3)cc2c1. The number of nitrogens with zero attached hydrogens (tertiary/aromatic N) is 2. The first-order valence-electron chi connectivity index (χ1n) is 8.63. The normalized spacial score (nSPS) is 12.1. The van der Waals surface area contributed by atoms with Gasteiger partial charge < -0.3 is 4.98 Å². The average Bonchev–Trinajstić information content (AvgIpc) is 3.17. The van der Waals surface area contributed by atoms with Crippen molar-refractivity contribution in [1.82, 2.24) is 14.6 Å². The van der Waals surface area contributed by atoms with E-state index in [-0.39, 0.29) is 0 Å². The Bertz CT molecular complexity index is 1010. The lowest BCUT2D eigenvalue weighted by Crippen LogP contribution is -1.91. The molecule has 1 aromatic carbocycles. The number of fused-ring (bicyclic) bond motifs is 2. The minimum absolute atomic E-state index is 0.505. The minimum Gasteiger partial charge on any atom is -0.358 e. The van der Waals surface area contributed by atoms with E-state index in [0.717, 1.165) is 16.8 Å². The maximum absolute atomic E-state index is 4.73. The van der Waals surface area contributed by atoms with Gasteiger partial charge in [0.05, 0.1) is 11.2 Å². The van der Waals surface area contributed by atoms with E-state index in [1.54, 1.807) is 0 Å². The molecule has 0 aliphatic heterocycles. The molecule has 3 heteroatoms. The second kappa shape index (κ2) is 5.52. The van der Waals surface area contributed by atoms with Gasteiger partial charge in [-0.2, -0.15) is 5.10 Å². The van der Waals surface area contributed by atoms with E-state index in [1.807, 2.05) is 4.52 Å². The Morgan fingerprint density at radius 1 is 0.917 bits per heavy atom. The highest BCUT2D eigenvalue weighted by atomic mass is 15.2. The maximum Gasteiger partial charge on any atom is 0.0934 e. The van der Waals surface area contributed by atoms with Gasteiger partial charge in [-0.1, -0.05) is 39.8 Å². The lowest BCUT2D eigenvalue weighted by Gasteiger charge is -2.04. The summed E-state index contributed by atoms with van der Waals surface area (Å²) in [6.07, 6.45) is 2.05. The molecule has 0 bridgehead atoms. The average molecular weight is 317 g/mol. The fraction of sp³-hybridized carbons (Fsp3) is 0.286. The van der Waals surface area contributed by atoms with Gasteiger partial charge in [0.25, 0.3) is 0 Å². The highest BCUT2D eigenvalue weighted by Gasteiger charge is 2.09. The Kier molecular flexibility index (Phi) is 3.45. The Morgan fingerprint density at radius 3 is 2.50 bits per heavy atom. The molecule has 0 amide bonds. The van der Waals surface area contributed by atoms with Crippen molar-refractivity contribution in [3.05, 3.63) is 59.9 Å². The highest BCUT2D eigenvalue weighted by Crippen LogP contribution is 2.27. The van der Waals surface area contributed by atoms with Crippen LogP contribution in [0.3, 0.4) is 0 Å². The van der Waals surface area contributed by atoms with Crippen molar-refractivity contribution >= 4 is 16.4 Å². The quantitative estimate of drug-likeness (QED) is 0.514. The Balaban J connectivity index is 1.79. The molecule has 0 radical (unpaired) electrons. The summed E-state index contributed by atoms with van der Waals surface area (Å²) in [6, 6.07) is 15.3. The van der Waals surface area contributed by atoms with Gasteiger partial charge in [-0.3, -0.25) is 0 Å². The molecule has 0 aliphatic carbocycles. The summed E-state index contributed by atoms with van der Waals surface area (Å²) in [6.45, 7) is 8.85. The van der Waals surface area contributed by atoms with Crippen LogP contribution in [0.25, 0.3) is 27.7 Å². The number of hydrogen-bond acceptors (Lipinski definition) is 1. The van der Waals surface area contributed by atoms with Crippen molar-refractivity contribution in [2.45, 2.75) is 39.5 Å². The molecular weight excluding hydrogens is 294 g/mol. The summed E-state index contributed by atoms with van der Waals surface area (Å²) in [5, 5.41) is 5.99. The highest BCUT2D eigenvalue weighted by molar-refractivity contribution is 5.85. The Morgan fingerprint density at radius 2 is 1.75 bits per heavy atom. The van der Waals surface area contributed by atoms with Crippen molar-refractivity contribution in [1.29, 1.82) is 0 Å². The van der Waals surface area contributed by atoms with E-state index in [0.29, 0.717) is 11.8 Å². The molecule has 3 nitrogen and oxygen atoms in total. The molecule has 24 heavy (non-hydrogen) atoms. The number of aromatic nitrogens is 3. The molecule has 0 atom stereocenters. The Labute approximate surface area is 142 Å². The second-order valence-corrected chi connectivity index (χ2v) is 7.20. The van der Waals surface area contributed by atoms with Crippen molar-refractivity contribution in [3.63, 3.8) is 0 Å². The summed E-state index contributed by atoms with van der Waals surface area (Å²) in [4.78, 5) is 3.53. The summed E-state index contributed by atoms with van der Waals surface area (Å²) in [5.41, 5.74) is 7.10. The molecule has 0 spiro atoms. The van der Waals surface area contributed by atoms with Crippen molar-refractivity contribution in [2.75, 3.05) is 0 Å². The van der Waals surface area contributed by atoms with Crippen molar-refractivity contribution in [2.24, 2.45) is 0 Å². The van der Waals surface area contributed by atoms with Gasteiger partial charge >= 0.3 is 0 Å². The van der Waals surface area contributed by atoms with Gasteiger partial charge in [-0.25, -0.2) is 4.52 Å².